The monoisotopic (exact) mass is 211 g/mol. The Morgan fingerprint density at radius 1 is 1.43 bits per heavy atom. The summed E-state index contributed by atoms with van der Waals surface area (Å²) >= 11 is 5.63. The van der Waals surface area contributed by atoms with Gasteiger partial charge >= 0.3 is 0 Å². The molecule has 0 bridgehead atoms. The summed E-state index contributed by atoms with van der Waals surface area (Å²) in [5.41, 5.74) is 0. The van der Waals surface area contributed by atoms with Gasteiger partial charge in [0.15, 0.2) is 0 Å². The van der Waals surface area contributed by atoms with Crippen LogP contribution in [0.4, 0.5) is 5.82 Å². The topological polar surface area (TPSA) is 37.8 Å². The van der Waals surface area contributed by atoms with Crippen molar-refractivity contribution in [1.29, 1.82) is 0 Å². The molecule has 0 aromatic carbocycles. The largest absolute Gasteiger partial charge is 0.369 e. The molecule has 2 rings (SSSR count). The fourth-order valence-electron chi connectivity index (χ4n) is 1.70. The minimum atomic E-state index is 0.438. The molecule has 1 saturated carbocycles. The third-order valence-electron chi connectivity index (χ3n) is 2.76. The first-order valence-corrected chi connectivity index (χ1v) is 5.38. The van der Waals surface area contributed by atoms with Crippen LogP contribution in [0, 0.1) is 11.8 Å². The predicted octanol–water partition coefficient (Wildman–Crippen LogP) is 2.59. The van der Waals surface area contributed by atoms with E-state index < -0.39 is 0 Å². The SMILES string of the molecule is CCC1CC1CNc1cnc(Cl)cn1. The molecule has 3 nitrogen and oxygen atoms in total. The van der Waals surface area contributed by atoms with Gasteiger partial charge in [0.1, 0.15) is 11.0 Å². The van der Waals surface area contributed by atoms with Crippen molar-refractivity contribution in [3.63, 3.8) is 0 Å². The van der Waals surface area contributed by atoms with Crippen LogP contribution in [-0.2, 0) is 0 Å². The van der Waals surface area contributed by atoms with E-state index in [1.165, 1.54) is 12.8 Å². The Morgan fingerprint density at radius 2 is 2.29 bits per heavy atom. The average Bonchev–Trinajstić information content (AvgIpc) is 2.96. The molecule has 1 fully saturated rings. The fraction of sp³-hybridized carbons (Fsp3) is 0.600. The van der Waals surface area contributed by atoms with Crippen molar-refractivity contribution in [2.45, 2.75) is 19.8 Å². The molecule has 2 unspecified atom stereocenters. The van der Waals surface area contributed by atoms with Gasteiger partial charge in [-0.25, -0.2) is 9.97 Å². The molecule has 1 aliphatic carbocycles. The lowest BCUT2D eigenvalue weighted by atomic mass is 10.2. The van der Waals surface area contributed by atoms with E-state index in [9.17, 15) is 0 Å². The van der Waals surface area contributed by atoms with E-state index in [1.54, 1.807) is 12.4 Å². The molecule has 0 aliphatic heterocycles. The number of nitrogens with one attached hydrogen (secondary N) is 1. The van der Waals surface area contributed by atoms with E-state index in [-0.39, 0.29) is 0 Å². The van der Waals surface area contributed by atoms with Crippen LogP contribution in [0.5, 0.6) is 0 Å². The first kappa shape index (κ1) is 9.71. The number of rotatable bonds is 4. The van der Waals surface area contributed by atoms with Crippen LogP contribution in [0.3, 0.4) is 0 Å². The van der Waals surface area contributed by atoms with Crippen molar-refractivity contribution in [3.05, 3.63) is 17.5 Å². The average molecular weight is 212 g/mol. The Labute approximate surface area is 88.9 Å². The van der Waals surface area contributed by atoms with Gasteiger partial charge in [0, 0.05) is 6.54 Å². The van der Waals surface area contributed by atoms with Crippen molar-refractivity contribution in [1.82, 2.24) is 9.97 Å². The summed E-state index contributed by atoms with van der Waals surface area (Å²) in [4.78, 5) is 8.08. The zero-order valence-electron chi connectivity index (χ0n) is 8.20. The van der Waals surface area contributed by atoms with Gasteiger partial charge < -0.3 is 5.32 Å². The van der Waals surface area contributed by atoms with Gasteiger partial charge in [-0.2, -0.15) is 0 Å². The smallest absolute Gasteiger partial charge is 0.147 e. The highest BCUT2D eigenvalue weighted by Crippen LogP contribution is 2.40. The van der Waals surface area contributed by atoms with Crippen molar-refractivity contribution >= 4 is 17.4 Å². The summed E-state index contributed by atoms with van der Waals surface area (Å²) in [6, 6.07) is 0. The lowest BCUT2D eigenvalue weighted by molar-refractivity contribution is 0.700. The molecule has 4 heteroatoms. The maximum Gasteiger partial charge on any atom is 0.147 e. The molecular formula is C10H14ClN3. The van der Waals surface area contributed by atoms with Crippen LogP contribution >= 0.6 is 11.6 Å². The Bertz CT molecular complexity index is 299. The molecule has 0 amide bonds. The minimum absolute atomic E-state index is 0.438. The number of halogens is 1. The maximum absolute atomic E-state index is 5.63. The first-order valence-electron chi connectivity index (χ1n) is 5.01. The molecule has 1 aliphatic rings. The van der Waals surface area contributed by atoms with Crippen LogP contribution in [0.2, 0.25) is 5.15 Å². The van der Waals surface area contributed by atoms with Crippen LogP contribution in [-0.4, -0.2) is 16.5 Å². The van der Waals surface area contributed by atoms with Crippen LogP contribution in [0.25, 0.3) is 0 Å². The number of nitrogens with zero attached hydrogens (tertiary/aromatic N) is 2. The Kier molecular flexibility index (Phi) is 2.87. The summed E-state index contributed by atoms with van der Waals surface area (Å²) in [6.45, 7) is 3.25. The van der Waals surface area contributed by atoms with Crippen molar-refractivity contribution in [3.8, 4) is 0 Å². The molecule has 1 aromatic heterocycles. The van der Waals surface area contributed by atoms with E-state index in [0.29, 0.717) is 5.15 Å². The summed E-state index contributed by atoms with van der Waals surface area (Å²) in [5, 5.41) is 3.70. The fourth-order valence-corrected chi connectivity index (χ4v) is 1.80. The Balaban J connectivity index is 1.78. The molecule has 0 radical (unpaired) electrons. The van der Waals surface area contributed by atoms with E-state index in [4.69, 9.17) is 11.6 Å². The summed E-state index contributed by atoms with van der Waals surface area (Å²) < 4.78 is 0. The predicted molar refractivity (Wildman–Crippen MR) is 57.4 cm³/mol. The lowest BCUT2D eigenvalue weighted by Crippen LogP contribution is -2.06. The van der Waals surface area contributed by atoms with Crippen LogP contribution in [0.1, 0.15) is 19.8 Å². The van der Waals surface area contributed by atoms with E-state index in [1.807, 2.05) is 0 Å². The molecule has 2 atom stereocenters. The Morgan fingerprint density at radius 3 is 2.86 bits per heavy atom. The van der Waals surface area contributed by atoms with Gasteiger partial charge in [-0.3, -0.25) is 0 Å². The van der Waals surface area contributed by atoms with Crippen molar-refractivity contribution < 1.29 is 0 Å². The van der Waals surface area contributed by atoms with Crippen LogP contribution < -0.4 is 5.32 Å². The van der Waals surface area contributed by atoms with Crippen molar-refractivity contribution in [2.75, 3.05) is 11.9 Å². The second-order valence-corrected chi connectivity index (χ2v) is 4.16. The maximum atomic E-state index is 5.63. The number of aromatic nitrogens is 2. The molecule has 0 saturated heterocycles. The third-order valence-corrected chi connectivity index (χ3v) is 2.95. The van der Waals surface area contributed by atoms with Crippen LogP contribution in [0.15, 0.2) is 12.4 Å². The summed E-state index contributed by atoms with van der Waals surface area (Å²) in [7, 11) is 0. The quantitative estimate of drug-likeness (QED) is 0.832. The van der Waals surface area contributed by atoms with E-state index in [0.717, 1.165) is 24.2 Å². The molecule has 1 aromatic rings. The lowest BCUT2D eigenvalue weighted by Gasteiger charge is -2.03. The van der Waals surface area contributed by atoms with Gasteiger partial charge in [0.05, 0.1) is 12.4 Å². The first-order chi connectivity index (χ1) is 6.79. The summed E-state index contributed by atoms with van der Waals surface area (Å²) in [6.07, 6.45) is 5.88. The normalized spacial score (nSPS) is 24.7. The van der Waals surface area contributed by atoms with Crippen molar-refractivity contribution in [2.24, 2.45) is 11.8 Å². The number of hydrogen-bond acceptors (Lipinski definition) is 3. The zero-order valence-corrected chi connectivity index (χ0v) is 8.96. The van der Waals surface area contributed by atoms with Gasteiger partial charge in [-0.05, 0) is 18.3 Å². The highest BCUT2D eigenvalue weighted by Gasteiger charge is 2.34. The van der Waals surface area contributed by atoms with Gasteiger partial charge in [0.2, 0.25) is 0 Å². The van der Waals surface area contributed by atoms with E-state index >= 15 is 0 Å². The second-order valence-electron chi connectivity index (χ2n) is 3.77. The number of hydrogen-bond donors (Lipinski definition) is 1. The summed E-state index contributed by atoms with van der Waals surface area (Å²) in [5.74, 6) is 2.57. The molecule has 0 spiro atoms. The van der Waals surface area contributed by atoms with Gasteiger partial charge in [-0.15, -0.1) is 0 Å². The zero-order chi connectivity index (χ0) is 9.97. The molecule has 14 heavy (non-hydrogen) atoms. The number of anilines is 1. The molecular weight excluding hydrogens is 198 g/mol. The highest BCUT2D eigenvalue weighted by atomic mass is 35.5. The third kappa shape index (κ3) is 2.35. The highest BCUT2D eigenvalue weighted by molar-refractivity contribution is 6.29. The molecule has 1 N–H and O–H groups in total. The molecule has 1 heterocycles. The minimum Gasteiger partial charge on any atom is -0.369 e. The van der Waals surface area contributed by atoms with E-state index in [2.05, 4.69) is 22.2 Å². The standard InChI is InChI=1S/C10H14ClN3/c1-2-7-3-8(7)4-13-10-6-12-9(11)5-14-10/h5-8H,2-4H2,1H3,(H,13,14). The molecule has 76 valence electrons. The Hall–Kier alpha value is -0.830. The second kappa shape index (κ2) is 4.13. The van der Waals surface area contributed by atoms with Gasteiger partial charge in [-0.1, -0.05) is 24.9 Å². The van der Waals surface area contributed by atoms with Gasteiger partial charge in [0.25, 0.3) is 0 Å².